The standard InChI is InChI=1S/C3H2NOS/c6-3-1-5-2-4-3/h1H2/q-1. The molecule has 1 aliphatic heterocycles. The van der Waals surface area contributed by atoms with Gasteiger partial charge < -0.3 is 9.73 Å². The summed E-state index contributed by atoms with van der Waals surface area (Å²) < 4.78 is 4.50. The van der Waals surface area contributed by atoms with E-state index in [2.05, 4.69) is 28.3 Å². The van der Waals surface area contributed by atoms with Crippen molar-refractivity contribution < 1.29 is 4.74 Å². The highest BCUT2D eigenvalue weighted by atomic mass is 32.1. The zero-order valence-electron chi connectivity index (χ0n) is 2.97. The van der Waals surface area contributed by atoms with Gasteiger partial charge in [-0.15, -0.1) is 0 Å². The third-order valence-corrected chi connectivity index (χ3v) is 0.640. The molecule has 0 saturated carbocycles. The molecule has 0 N–H and O–H groups in total. The number of hydrogen-bond acceptors (Lipinski definition) is 2. The van der Waals surface area contributed by atoms with E-state index in [0.29, 0.717) is 11.6 Å². The van der Waals surface area contributed by atoms with Crippen LogP contribution in [0.15, 0.2) is 4.99 Å². The maximum Gasteiger partial charge on any atom is 0.0504 e. The molecule has 1 heterocycles. The van der Waals surface area contributed by atoms with Crippen molar-refractivity contribution in [1.82, 2.24) is 0 Å². The summed E-state index contributed by atoms with van der Waals surface area (Å²) in [5, 5.41) is 0. The van der Waals surface area contributed by atoms with Crippen LogP contribution < -0.4 is 0 Å². The summed E-state index contributed by atoms with van der Waals surface area (Å²) in [4.78, 5) is 4.07. The SMILES string of the molecule is S=C1CO[C-]=N1. The molecule has 0 aromatic rings. The van der Waals surface area contributed by atoms with Gasteiger partial charge in [0.15, 0.2) is 0 Å². The van der Waals surface area contributed by atoms with Gasteiger partial charge in [0.25, 0.3) is 0 Å². The van der Waals surface area contributed by atoms with E-state index in [1.807, 2.05) is 0 Å². The lowest BCUT2D eigenvalue weighted by atomic mass is 10.7. The topological polar surface area (TPSA) is 21.6 Å². The molecular formula is C3H2NOS-. The highest BCUT2D eigenvalue weighted by Crippen LogP contribution is 1.87. The van der Waals surface area contributed by atoms with Gasteiger partial charge in [-0.2, -0.15) is 12.2 Å². The van der Waals surface area contributed by atoms with Crippen molar-refractivity contribution in [1.29, 1.82) is 0 Å². The van der Waals surface area contributed by atoms with Crippen molar-refractivity contribution in [3.63, 3.8) is 0 Å². The van der Waals surface area contributed by atoms with Crippen molar-refractivity contribution in [3.05, 3.63) is 0 Å². The second kappa shape index (κ2) is 1.34. The van der Waals surface area contributed by atoms with Gasteiger partial charge in [-0.1, -0.05) is 0 Å². The number of thiocarbonyl (C=S) groups is 1. The molecule has 2 nitrogen and oxygen atoms in total. The van der Waals surface area contributed by atoms with E-state index < -0.39 is 0 Å². The molecule has 1 aliphatic rings. The summed E-state index contributed by atoms with van der Waals surface area (Å²) >= 11 is 4.56. The minimum atomic E-state index is 0.440. The van der Waals surface area contributed by atoms with Gasteiger partial charge in [0.2, 0.25) is 0 Å². The van der Waals surface area contributed by atoms with Crippen molar-refractivity contribution >= 4 is 23.6 Å². The molecule has 0 spiro atoms. The molecule has 0 aromatic carbocycles. The Bertz CT molecular complexity index is 99.0. The van der Waals surface area contributed by atoms with Crippen LogP contribution in [0.4, 0.5) is 0 Å². The molecule has 0 aliphatic carbocycles. The van der Waals surface area contributed by atoms with Crippen LogP contribution in [0.5, 0.6) is 0 Å². The summed E-state index contributed by atoms with van der Waals surface area (Å²) in [6.07, 6.45) is 2.26. The minimum Gasteiger partial charge on any atom is -0.583 e. The Labute approximate surface area is 40.8 Å². The Morgan fingerprint density at radius 2 is 2.83 bits per heavy atom. The zero-order valence-corrected chi connectivity index (χ0v) is 3.79. The largest absolute Gasteiger partial charge is 0.583 e. The van der Waals surface area contributed by atoms with Gasteiger partial charge >= 0.3 is 0 Å². The lowest BCUT2D eigenvalue weighted by molar-refractivity contribution is 0.398. The fourth-order valence-electron chi connectivity index (χ4n) is 0.209. The zero-order chi connectivity index (χ0) is 4.41. The van der Waals surface area contributed by atoms with Gasteiger partial charge in [0.05, 0.1) is 6.61 Å². The van der Waals surface area contributed by atoms with Crippen LogP contribution in [-0.2, 0) is 4.74 Å². The molecule has 32 valence electrons. The highest BCUT2D eigenvalue weighted by molar-refractivity contribution is 7.80. The number of rotatable bonds is 0. The van der Waals surface area contributed by atoms with Gasteiger partial charge in [0, 0.05) is 6.40 Å². The second-order valence-electron chi connectivity index (χ2n) is 0.886. The Kier molecular flexibility index (Phi) is 0.837. The first-order valence-corrected chi connectivity index (χ1v) is 1.91. The Hall–Kier alpha value is -0.440. The second-order valence-corrected chi connectivity index (χ2v) is 1.36. The molecule has 0 bridgehead atoms. The summed E-state index contributed by atoms with van der Waals surface area (Å²) in [6, 6.07) is 0. The molecule has 3 heteroatoms. The molecule has 0 atom stereocenters. The van der Waals surface area contributed by atoms with Crippen LogP contribution in [0.25, 0.3) is 0 Å². The van der Waals surface area contributed by atoms with Crippen LogP contribution in [0.1, 0.15) is 0 Å². The molecule has 0 radical (unpaired) electrons. The first kappa shape index (κ1) is 3.74. The van der Waals surface area contributed by atoms with Crippen LogP contribution in [0.3, 0.4) is 0 Å². The van der Waals surface area contributed by atoms with E-state index >= 15 is 0 Å². The monoisotopic (exact) mass is 100.0 g/mol. The van der Waals surface area contributed by atoms with E-state index in [0.717, 1.165) is 0 Å². The van der Waals surface area contributed by atoms with Crippen LogP contribution >= 0.6 is 12.2 Å². The quantitative estimate of drug-likeness (QED) is 0.321. The van der Waals surface area contributed by atoms with E-state index in [4.69, 9.17) is 0 Å². The van der Waals surface area contributed by atoms with E-state index in [-0.39, 0.29) is 0 Å². The predicted octanol–water partition coefficient (Wildman–Crippen LogP) is 0.249. The Morgan fingerprint density at radius 1 is 2.00 bits per heavy atom. The van der Waals surface area contributed by atoms with Gasteiger partial charge in [-0.05, 0) is 4.99 Å². The van der Waals surface area contributed by atoms with Crippen molar-refractivity contribution in [2.75, 3.05) is 6.61 Å². The normalized spacial score (nSPS) is 18.3. The first-order chi connectivity index (χ1) is 2.89. The average molecular weight is 100 g/mol. The Balaban J connectivity index is 2.59. The van der Waals surface area contributed by atoms with E-state index in [1.165, 1.54) is 0 Å². The number of aliphatic imine (C=N–C) groups is 1. The average Bonchev–Trinajstić information content (AvgIpc) is 1.86. The van der Waals surface area contributed by atoms with Crippen LogP contribution in [0.2, 0.25) is 0 Å². The van der Waals surface area contributed by atoms with Crippen LogP contribution in [0, 0.1) is 0 Å². The third kappa shape index (κ3) is 0.542. The molecule has 0 saturated heterocycles. The molecular weight excluding hydrogens is 98.1 g/mol. The molecule has 1 rings (SSSR count). The third-order valence-electron chi connectivity index (χ3n) is 0.431. The summed E-state index contributed by atoms with van der Waals surface area (Å²) in [5.74, 6) is 0. The lowest BCUT2D eigenvalue weighted by Gasteiger charge is -1.90. The molecule has 6 heavy (non-hydrogen) atoms. The molecule has 0 aromatic heterocycles. The first-order valence-electron chi connectivity index (χ1n) is 1.50. The van der Waals surface area contributed by atoms with Gasteiger partial charge in [0.1, 0.15) is 0 Å². The Morgan fingerprint density at radius 3 is 3.00 bits per heavy atom. The minimum absolute atomic E-state index is 0.440. The summed E-state index contributed by atoms with van der Waals surface area (Å²) in [7, 11) is 0. The van der Waals surface area contributed by atoms with Crippen molar-refractivity contribution in [3.8, 4) is 0 Å². The summed E-state index contributed by atoms with van der Waals surface area (Å²) in [6.45, 7) is 0.440. The fraction of sp³-hybridized carbons (Fsp3) is 0.333. The maximum absolute atomic E-state index is 4.56. The van der Waals surface area contributed by atoms with E-state index in [1.54, 1.807) is 0 Å². The molecule has 0 amide bonds. The number of ether oxygens (including phenoxy) is 1. The maximum atomic E-state index is 4.56. The van der Waals surface area contributed by atoms with Crippen molar-refractivity contribution in [2.24, 2.45) is 4.99 Å². The van der Waals surface area contributed by atoms with Gasteiger partial charge in [-0.3, -0.25) is 0 Å². The number of nitrogens with zero attached hydrogens (tertiary/aromatic N) is 1. The smallest absolute Gasteiger partial charge is 0.0504 e. The highest BCUT2D eigenvalue weighted by Gasteiger charge is 1.82. The van der Waals surface area contributed by atoms with Crippen LogP contribution in [-0.4, -0.2) is 18.0 Å². The summed E-state index contributed by atoms with van der Waals surface area (Å²) in [5.41, 5.74) is 0. The lowest BCUT2D eigenvalue weighted by Crippen LogP contribution is -1.88. The predicted molar refractivity (Wildman–Crippen MR) is 26.0 cm³/mol. The van der Waals surface area contributed by atoms with Gasteiger partial charge in [-0.25, -0.2) is 0 Å². The molecule has 0 fully saturated rings. The van der Waals surface area contributed by atoms with E-state index in [9.17, 15) is 0 Å². The fourth-order valence-corrected chi connectivity index (χ4v) is 0.306. The number of hydrogen-bond donors (Lipinski definition) is 0. The molecule has 0 unspecified atom stereocenters. The van der Waals surface area contributed by atoms with Crippen molar-refractivity contribution in [2.45, 2.75) is 0 Å².